The molecule has 4 aromatic heterocycles. The standard InChI is InChI=1S/C18H12F2N4O2S/c1-24-13(7-12(23-24)14-3-2-6-26-14)15-4-5-16(27-15)18(25)22-17-10(19)8-21-9-11(17)20/h2-9H,1H3,(H,21,22,25). The summed E-state index contributed by atoms with van der Waals surface area (Å²) in [5, 5.41) is 6.64. The van der Waals surface area contributed by atoms with Crippen molar-refractivity contribution in [2.75, 3.05) is 5.32 Å². The molecule has 0 atom stereocenters. The van der Waals surface area contributed by atoms with Gasteiger partial charge in [0.25, 0.3) is 5.91 Å². The Bertz CT molecular complexity index is 1100. The van der Waals surface area contributed by atoms with Gasteiger partial charge >= 0.3 is 0 Å². The van der Waals surface area contributed by atoms with Crippen molar-refractivity contribution in [2.45, 2.75) is 0 Å². The maximum atomic E-state index is 13.7. The molecule has 9 heteroatoms. The average Bonchev–Trinajstić information content (AvgIpc) is 3.37. The summed E-state index contributed by atoms with van der Waals surface area (Å²) < 4.78 is 34.3. The van der Waals surface area contributed by atoms with Crippen molar-refractivity contribution in [1.82, 2.24) is 14.8 Å². The molecular formula is C18H12F2N4O2S. The van der Waals surface area contributed by atoms with Gasteiger partial charge in [0, 0.05) is 7.05 Å². The molecule has 0 radical (unpaired) electrons. The van der Waals surface area contributed by atoms with Crippen LogP contribution in [0, 0.1) is 11.6 Å². The van der Waals surface area contributed by atoms with Gasteiger partial charge in [-0.2, -0.15) is 5.10 Å². The van der Waals surface area contributed by atoms with Crippen molar-refractivity contribution in [3.8, 4) is 22.0 Å². The zero-order chi connectivity index (χ0) is 19.0. The third-order valence-corrected chi connectivity index (χ3v) is 4.93. The summed E-state index contributed by atoms with van der Waals surface area (Å²) in [6.45, 7) is 0. The first-order chi connectivity index (χ1) is 13.0. The highest BCUT2D eigenvalue weighted by atomic mass is 32.1. The minimum Gasteiger partial charge on any atom is -0.463 e. The molecule has 27 heavy (non-hydrogen) atoms. The third kappa shape index (κ3) is 3.24. The molecule has 0 aliphatic rings. The molecule has 4 rings (SSSR count). The highest BCUT2D eigenvalue weighted by Crippen LogP contribution is 2.31. The number of hydrogen-bond acceptors (Lipinski definition) is 5. The van der Waals surface area contributed by atoms with E-state index in [4.69, 9.17) is 4.42 Å². The number of nitrogens with zero attached hydrogens (tertiary/aromatic N) is 3. The number of amides is 1. The Morgan fingerprint density at radius 3 is 2.70 bits per heavy atom. The number of halogens is 2. The van der Waals surface area contributed by atoms with Crippen molar-refractivity contribution in [2.24, 2.45) is 7.05 Å². The van der Waals surface area contributed by atoms with Gasteiger partial charge in [0.1, 0.15) is 11.4 Å². The lowest BCUT2D eigenvalue weighted by atomic mass is 10.2. The summed E-state index contributed by atoms with van der Waals surface area (Å²) in [4.78, 5) is 16.8. The van der Waals surface area contributed by atoms with Crippen LogP contribution in [0.2, 0.25) is 0 Å². The second kappa shape index (κ2) is 6.76. The van der Waals surface area contributed by atoms with Gasteiger partial charge < -0.3 is 9.73 Å². The second-order valence-corrected chi connectivity index (χ2v) is 6.70. The lowest BCUT2D eigenvalue weighted by molar-refractivity contribution is 0.102. The smallest absolute Gasteiger partial charge is 0.265 e. The summed E-state index contributed by atoms with van der Waals surface area (Å²) in [5.41, 5.74) is 0.926. The molecule has 0 saturated heterocycles. The van der Waals surface area contributed by atoms with Crippen molar-refractivity contribution in [3.05, 3.63) is 65.5 Å². The first-order valence-electron chi connectivity index (χ1n) is 7.81. The average molecular weight is 386 g/mol. The Hall–Kier alpha value is -3.33. The quantitative estimate of drug-likeness (QED) is 0.566. The number of pyridine rings is 1. The van der Waals surface area contributed by atoms with E-state index in [1.54, 1.807) is 42.3 Å². The van der Waals surface area contributed by atoms with Crippen molar-refractivity contribution >= 4 is 22.9 Å². The number of nitrogens with one attached hydrogen (secondary N) is 1. The first-order valence-corrected chi connectivity index (χ1v) is 8.63. The molecule has 0 bridgehead atoms. The van der Waals surface area contributed by atoms with Crippen LogP contribution in [0.4, 0.5) is 14.5 Å². The SMILES string of the molecule is Cn1nc(-c2ccco2)cc1-c1ccc(C(=O)Nc2c(F)cncc2F)s1. The normalized spacial score (nSPS) is 10.9. The van der Waals surface area contributed by atoms with Crippen LogP contribution in [0.5, 0.6) is 0 Å². The summed E-state index contributed by atoms with van der Waals surface area (Å²) in [6.07, 6.45) is 3.24. The number of aryl methyl sites for hydroxylation is 1. The van der Waals surface area contributed by atoms with E-state index in [1.165, 1.54) is 11.3 Å². The maximum Gasteiger partial charge on any atom is 0.265 e. The molecule has 0 aromatic carbocycles. The fraction of sp³-hybridized carbons (Fsp3) is 0.0556. The van der Waals surface area contributed by atoms with Gasteiger partial charge in [-0.15, -0.1) is 11.3 Å². The van der Waals surface area contributed by atoms with Crippen LogP contribution < -0.4 is 5.32 Å². The maximum absolute atomic E-state index is 13.7. The molecule has 0 spiro atoms. The van der Waals surface area contributed by atoms with E-state index in [9.17, 15) is 13.6 Å². The van der Waals surface area contributed by atoms with E-state index in [0.29, 0.717) is 16.3 Å². The summed E-state index contributed by atoms with van der Waals surface area (Å²) in [6, 6.07) is 8.76. The summed E-state index contributed by atoms with van der Waals surface area (Å²) in [5.74, 6) is -1.84. The minimum atomic E-state index is -0.935. The van der Waals surface area contributed by atoms with Crippen LogP contribution in [-0.2, 0) is 7.05 Å². The lowest BCUT2D eigenvalue weighted by Crippen LogP contribution is -2.13. The zero-order valence-electron chi connectivity index (χ0n) is 13.9. The van der Waals surface area contributed by atoms with Crippen molar-refractivity contribution < 1.29 is 18.0 Å². The fourth-order valence-electron chi connectivity index (χ4n) is 2.55. The van der Waals surface area contributed by atoms with E-state index in [2.05, 4.69) is 15.4 Å². The number of furan rings is 1. The number of rotatable bonds is 4. The van der Waals surface area contributed by atoms with Gasteiger partial charge in [0.15, 0.2) is 17.4 Å². The van der Waals surface area contributed by atoms with Crippen molar-refractivity contribution in [1.29, 1.82) is 0 Å². The highest BCUT2D eigenvalue weighted by Gasteiger charge is 2.18. The van der Waals surface area contributed by atoms with Crippen LogP contribution in [0.25, 0.3) is 22.0 Å². The summed E-state index contributed by atoms with van der Waals surface area (Å²) in [7, 11) is 1.78. The molecule has 0 unspecified atom stereocenters. The van der Waals surface area contributed by atoms with Gasteiger partial charge in [-0.1, -0.05) is 0 Å². The zero-order valence-corrected chi connectivity index (χ0v) is 14.8. The molecule has 1 amide bonds. The van der Waals surface area contributed by atoms with Crippen LogP contribution in [-0.4, -0.2) is 20.7 Å². The topological polar surface area (TPSA) is 73.0 Å². The van der Waals surface area contributed by atoms with E-state index in [0.717, 1.165) is 23.0 Å². The van der Waals surface area contributed by atoms with Crippen LogP contribution >= 0.6 is 11.3 Å². The Kier molecular flexibility index (Phi) is 4.28. The van der Waals surface area contributed by atoms with Gasteiger partial charge in [0.2, 0.25) is 0 Å². The number of carbonyl (C=O) groups is 1. The minimum absolute atomic E-state index is 0.307. The molecule has 4 heterocycles. The molecule has 0 fully saturated rings. The van der Waals surface area contributed by atoms with E-state index >= 15 is 0 Å². The monoisotopic (exact) mass is 386 g/mol. The fourth-order valence-corrected chi connectivity index (χ4v) is 3.49. The number of anilines is 1. The second-order valence-electron chi connectivity index (χ2n) is 5.61. The molecule has 6 nitrogen and oxygen atoms in total. The van der Waals surface area contributed by atoms with Crippen LogP contribution in [0.15, 0.2) is 53.4 Å². The largest absolute Gasteiger partial charge is 0.463 e. The van der Waals surface area contributed by atoms with Gasteiger partial charge in [0.05, 0.1) is 34.1 Å². The number of carbonyl (C=O) groups excluding carboxylic acids is 1. The lowest BCUT2D eigenvalue weighted by Gasteiger charge is -2.05. The predicted molar refractivity (Wildman–Crippen MR) is 96.3 cm³/mol. The predicted octanol–water partition coefficient (Wildman–Crippen LogP) is 4.33. The number of hydrogen-bond donors (Lipinski definition) is 1. The number of aromatic nitrogens is 3. The molecule has 4 aromatic rings. The summed E-state index contributed by atoms with van der Waals surface area (Å²) >= 11 is 1.19. The molecule has 1 N–H and O–H groups in total. The Balaban J connectivity index is 1.60. The highest BCUT2D eigenvalue weighted by molar-refractivity contribution is 7.17. The van der Waals surface area contributed by atoms with Crippen molar-refractivity contribution in [3.63, 3.8) is 0 Å². The van der Waals surface area contributed by atoms with E-state index in [1.807, 2.05) is 6.07 Å². The van der Waals surface area contributed by atoms with Crippen LogP contribution in [0.3, 0.4) is 0 Å². The molecular weight excluding hydrogens is 374 g/mol. The molecule has 0 saturated carbocycles. The number of thiophene rings is 1. The Morgan fingerprint density at radius 1 is 1.22 bits per heavy atom. The van der Waals surface area contributed by atoms with E-state index in [-0.39, 0.29) is 0 Å². The Morgan fingerprint density at radius 2 is 2.00 bits per heavy atom. The first kappa shape index (κ1) is 17.1. The van der Waals surface area contributed by atoms with Crippen LogP contribution in [0.1, 0.15) is 9.67 Å². The van der Waals surface area contributed by atoms with Gasteiger partial charge in [-0.3, -0.25) is 14.5 Å². The molecule has 0 aliphatic carbocycles. The van der Waals surface area contributed by atoms with Gasteiger partial charge in [-0.25, -0.2) is 8.78 Å². The molecule has 136 valence electrons. The third-order valence-electron chi connectivity index (χ3n) is 3.83. The molecule has 0 aliphatic heterocycles. The Labute approximate surface area is 156 Å². The van der Waals surface area contributed by atoms with Gasteiger partial charge in [-0.05, 0) is 30.3 Å². The van der Waals surface area contributed by atoms with E-state index < -0.39 is 23.2 Å².